The highest BCUT2D eigenvalue weighted by atomic mass is 16.5. The van der Waals surface area contributed by atoms with Crippen LogP contribution in [0.25, 0.3) is 0 Å². The summed E-state index contributed by atoms with van der Waals surface area (Å²) in [5.41, 5.74) is 13.5. The van der Waals surface area contributed by atoms with Crippen molar-refractivity contribution in [2.24, 2.45) is 0 Å². The Bertz CT molecular complexity index is 1320. The van der Waals surface area contributed by atoms with Gasteiger partial charge in [-0.05, 0) is 48.5 Å². The minimum Gasteiger partial charge on any atom is -0.506 e. The number of hydrogen-bond donors (Lipinski definition) is 4. The first-order valence-electron chi connectivity index (χ1n) is 9.72. The Kier molecular flexibility index (Phi) is 5.73. The summed E-state index contributed by atoms with van der Waals surface area (Å²) < 4.78 is 11.9. The maximum atomic E-state index is 9.67. The van der Waals surface area contributed by atoms with E-state index < -0.39 is 0 Å². The maximum Gasteiger partial charge on any atom is 0.171 e. The summed E-state index contributed by atoms with van der Waals surface area (Å²) in [7, 11) is 0. The number of hydrogen-bond acceptors (Lipinski definition) is 6. The fourth-order valence-corrected chi connectivity index (χ4v) is 2.86. The average molecular weight is 424 g/mol. The molecule has 6 N–H and O–H groups in total. The van der Waals surface area contributed by atoms with E-state index >= 15 is 0 Å². The molecule has 0 unspecified atom stereocenters. The van der Waals surface area contributed by atoms with Crippen molar-refractivity contribution >= 4 is 11.4 Å². The van der Waals surface area contributed by atoms with E-state index in [9.17, 15) is 10.2 Å². The van der Waals surface area contributed by atoms with Crippen molar-refractivity contribution in [2.45, 2.75) is 0 Å². The molecule has 0 aromatic heterocycles. The number of nitrogen functional groups attached to an aromatic ring is 2. The lowest BCUT2D eigenvalue weighted by molar-refractivity contribution is 0.416. The van der Waals surface area contributed by atoms with Crippen LogP contribution >= 0.6 is 0 Å². The third-order valence-corrected chi connectivity index (χ3v) is 4.52. The zero-order chi connectivity index (χ0) is 22.5. The van der Waals surface area contributed by atoms with Gasteiger partial charge >= 0.3 is 0 Å². The maximum absolute atomic E-state index is 9.67. The van der Waals surface area contributed by atoms with Crippen molar-refractivity contribution in [1.82, 2.24) is 0 Å². The summed E-state index contributed by atoms with van der Waals surface area (Å²) >= 11 is 0. The zero-order valence-electron chi connectivity index (χ0n) is 16.9. The molecular formula is C26H20N2O4. The molecule has 0 aliphatic heterocycles. The smallest absolute Gasteiger partial charge is 0.171 e. The topological polar surface area (TPSA) is 111 Å². The van der Waals surface area contributed by atoms with E-state index in [4.69, 9.17) is 20.9 Å². The fourth-order valence-electron chi connectivity index (χ4n) is 2.86. The number of nitrogens with two attached hydrogens (primary N) is 2. The number of benzene rings is 4. The van der Waals surface area contributed by atoms with E-state index in [1.54, 1.807) is 24.3 Å². The summed E-state index contributed by atoms with van der Waals surface area (Å²) in [6, 6.07) is 24.0. The van der Waals surface area contributed by atoms with Crippen molar-refractivity contribution < 1.29 is 19.7 Å². The molecule has 4 aromatic rings. The lowest BCUT2D eigenvalue weighted by Crippen LogP contribution is -1.94. The number of phenolic OH excluding ortho intramolecular Hbond substituents is 2. The second-order valence-electron chi connectivity index (χ2n) is 6.92. The largest absolute Gasteiger partial charge is 0.506 e. The number of phenols is 2. The SMILES string of the molecule is Nc1cc(Oc2ccc(C#Cc3ccccc3)cc2Oc2ccc(O)c(N)c2)ccc1O. The van der Waals surface area contributed by atoms with Crippen LogP contribution in [0.5, 0.6) is 34.5 Å². The quantitative estimate of drug-likeness (QED) is 0.202. The molecule has 0 saturated heterocycles. The minimum absolute atomic E-state index is 0.0278. The highest BCUT2D eigenvalue weighted by Crippen LogP contribution is 2.38. The van der Waals surface area contributed by atoms with Crippen molar-refractivity contribution in [2.75, 3.05) is 11.5 Å². The molecule has 4 aromatic carbocycles. The molecule has 0 atom stereocenters. The Morgan fingerprint density at radius 3 is 1.72 bits per heavy atom. The summed E-state index contributed by atoms with van der Waals surface area (Å²) in [5, 5.41) is 19.3. The van der Waals surface area contributed by atoms with Crippen LogP contribution in [0.4, 0.5) is 11.4 Å². The Hall–Kier alpha value is -4.76. The molecule has 0 heterocycles. The molecule has 0 radical (unpaired) electrons. The molecule has 0 bridgehead atoms. The molecule has 158 valence electrons. The number of anilines is 2. The van der Waals surface area contributed by atoms with Crippen molar-refractivity contribution in [3.05, 3.63) is 96.1 Å². The van der Waals surface area contributed by atoms with Crippen molar-refractivity contribution in [1.29, 1.82) is 0 Å². The Labute approximate surface area is 185 Å². The molecule has 6 nitrogen and oxygen atoms in total. The molecule has 0 amide bonds. The summed E-state index contributed by atoms with van der Waals surface area (Å²) in [6.45, 7) is 0. The lowest BCUT2D eigenvalue weighted by Gasteiger charge is -2.14. The van der Waals surface area contributed by atoms with Gasteiger partial charge in [-0.25, -0.2) is 0 Å². The number of aromatic hydroxyl groups is 2. The standard InChI is InChI=1S/C26H20N2O4/c27-21-15-19(9-11-23(21)29)31-25-13-8-18(7-6-17-4-2-1-3-5-17)14-26(25)32-20-10-12-24(30)22(28)16-20/h1-5,8-16,29-30H,27-28H2. The van der Waals surface area contributed by atoms with E-state index in [-0.39, 0.29) is 22.9 Å². The van der Waals surface area contributed by atoms with Gasteiger partial charge < -0.3 is 31.2 Å². The van der Waals surface area contributed by atoms with E-state index in [0.717, 1.165) is 5.56 Å². The zero-order valence-corrected chi connectivity index (χ0v) is 16.9. The Balaban J connectivity index is 1.69. The Morgan fingerprint density at radius 2 is 1.12 bits per heavy atom. The first-order valence-corrected chi connectivity index (χ1v) is 9.72. The van der Waals surface area contributed by atoms with Crippen molar-refractivity contribution in [3.8, 4) is 46.3 Å². The van der Waals surface area contributed by atoms with Gasteiger partial charge in [-0.1, -0.05) is 30.0 Å². The van der Waals surface area contributed by atoms with E-state index in [0.29, 0.717) is 28.6 Å². The molecule has 0 fully saturated rings. The monoisotopic (exact) mass is 424 g/mol. The summed E-state index contributed by atoms with van der Waals surface area (Å²) in [5.74, 6) is 7.81. The van der Waals surface area contributed by atoms with E-state index in [1.807, 2.05) is 36.4 Å². The highest BCUT2D eigenvalue weighted by molar-refractivity contribution is 5.59. The van der Waals surface area contributed by atoms with Crippen LogP contribution in [0.2, 0.25) is 0 Å². The third-order valence-electron chi connectivity index (χ3n) is 4.52. The first kappa shape index (κ1) is 20.5. The lowest BCUT2D eigenvalue weighted by atomic mass is 10.1. The Morgan fingerprint density at radius 1 is 0.562 bits per heavy atom. The van der Waals surface area contributed by atoms with Gasteiger partial charge in [-0.2, -0.15) is 0 Å². The van der Waals surface area contributed by atoms with Crippen LogP contribution < -0.4 is 20.9 Å². The van der Waals surface area contributed by atoms with Gasteiger partial charge in [0.1, 0.15) is 23.0 Å². The first-order chi connectivity index (χ1) is 15.5. The van der Waals surface area contributed by atoms with Crippen LogP contribution in [0, 0.1) is 11.8 Å². The molecule has 4 rings (SSSR count). The third kappa shape index (κ3) is 4.86. The fraction of sp³-hybridized carbons (Fsp3) is 0. The molecular weight excluding hydrogens is 404 g/mol. The van der Waals surface area contributed by atoms with Gasteiger partial charge in [-0.3, -0.25) is 0 Å². The normalized spacial score (nSPS) is 10.1. The van der Waals surface area contributed by atoms with Crippen LogP contribution in [-0.2, 0) is 0 Å². The van der Waals surface area contributed by atoms with Gasteiger partial charge in [-0.15, -0.1) is 0 Å². The summed E-state index contributed by atoms with van der Waals surface area (Å²) in [4.78, 5) is 0. The second kappa shape index (κ2) is 8.94. The predicted octanol–water partition coefficient (Wildman–Crippen LogP) is 5.25. The second-order valence-corrected chi connectivity index (χ2v) is 6.92. The molecule has 0 aliphatic carbocycles. The van der Waals surface area contributed by atoms with Gasteiger partial charge in [0, 0.05) is 29.3 Å². The summed E-state index contributed by atoms with van der Waals surface area (Å²) in [6.07, 6.45) is 0. The highest BCUT2D eigenvalue weighted by Gasteiger charge is 2.11. The number of rotatable bonds is 4. The molecule has 6 heteroatoms. The van der Waals surface area contributed by atoms with Gasteiger partial charge in [0.25, 0.3) is 0 Å². The van der Waals surface area contributed by atoms with Crippen LogP contribution in [0.15, 0.2) is 84.9 Å². The molecule has 0 aliphatic rings. The van der Waals surface area contributed by atoms with Gasteiger partial charge in [0.2, 0.25) is 0 Å². The average Bonchev–Trinajstić information content (AvgIpc) is 2.79. The van der Waals surface area contributed by atoms with E-state index in [2.05, 4.69) is 11.8 Å². The minimum atomic E-state index is -0.0316. The molecule has 0 saturated carbocycles. The van der Waals surface area contributed by atoms with E-state index in [1.165, 1.54) is 24.3 Å². The molecule has 32 heavy (non-hydrogen) atoms. The van der Waals surface area contributed by atoms with Crippen LogP contribution in [0.1, 0.15) is 11.1 Å². The van der Waals surface area contributed by atoms with Crippen molar-refractivity contribution in [3.63, 3.8) is 0 Å². The van der Waals surface area contributed by atoms with Gasteiger partial charge in [0.05, 0.1) is 11.4 Å². The number of ether oxygens (including phenoxy) is 2. The predicted molar refractivity (Wildman–Crippen MR) is 124 cm³/mol. The van der Waals surface area contributed by atoms with Crippen LogP contribution in [-0.4, -0.2) is 10.2 Å². The molecule has 0 spiro atoms. The van der Waals surface area contributed by atoms with Gasteiger partial charge in [0.15, 0.2) is 11.5 Å². The van der Waals surface area contributed by atoms with Crippen LogP contribution in [0.3, 0.4) is 0 Å².